The van der Waals surface area contributed by atoms with Gasteiger partial charge in [-0.2, -0.15) is 0 Å². The molecule has 0 amide bonds. The van der Waals surface area contributed by atoms with Gasteiger partial charge in [0, 0.05) is 33.1 Å². The molecule has 7 heteroatoms. The van der Waals surface area contributed by atoms with Gasteiger partial charge in [0.05, 0.1) is 16.1 Å². The molecule has 0 spiro atoms. The molecule has 1 aromatic carbocycles. The predicted molar refractivity (Wildman–Crippen MR) is 132 cm³/mol. The number of benzene rings is 1. The van der Waals surface area contributed by atoms with Crippen LogP contribution in [0.3, 0.4) is 0 Å². The molecule has 0 atom stereocenters. The fourth-order valence-corrected chi connectivity index (χ4v) is 4.83. The lowest BCUT2D eigenvalue weighted by Crippen LogP contribution is -2.04. The number of hydrogen-bond acceptors (Lipinski definition) is 6. The molecule has 5 nitrogen and oxygen atoms in total. The van der Waals surface area contributed by atoms with Gasteiger partial charge in [-0.15, -0.1) is 11.3 Å². The van der Waals surface area contributed by atoms with Crippen LogP contribution >= 0.6 is 23.1 Å². The SMILES string of the molecule is CC.CCc1cc2nccc(Sc3cnc(/N=C(\C)N)c(Oc4ccccc4)c3)c2s1. The maximum absolute atomic E-state index is 6.05. The zero-order chi connectivity index (χ0) is 22.2. The molecule has 3 aromatic heterocycles. The van der Waals surface area contributed by atoms with E-state index in [9.17, 15) is 0 Å². The van der Waals surface area contributed by atoms with E-state index in [1.807, 2.05) is 62.5 Å². The van der Waals surface area contributed by atoms with Crippen LogP contribution in [0.4, 0.5) is 5.82 Å². The summed E-state index contributed by atoms with van der Waals surface area (Å²) in [5.41, 5.74) is 6.80. The van der Waals surface area contributed by atoms with Crippen LogP contribution < -0.4 is 10.5 Å². The first-order valence-electron chi connectivity index (χ1n) is 10.2. The van der Waals surface area contributed by atoms with Crippen molar-refractivity contribution in [3.63, 3.8) is 0 Å². The van der Waals surface area contributed by atoms with Crippen molar-refractivity contribution < 1.29 is 4.74 Å². The minimum Gasteiger partial charge on any atom is -0.453 e. The van der Waals surface area contributed by atoms with Crippen LogP contribution in [0.5, 0.6) is 11.5 Å². The van der Waals surface area contributed by atoms with Gasteiger partial charge in [0.1, 0.15) is 5.75 Å². The van der Waals surface area contributed by atoms with Gasteiger partial charge in [0.25, 0.3) is 0 Å². The van der Waals surface area contributed by atoms with Gasteiger partial charge in [-0.1, -0.05) is 50.7 Å². The molecule has 4 aromatic rings. The summed E-state index contributed by atoms with van der Waals surface area (Å²) >= 11 is 3.43. The maximum Gasteiger partial charge on any atom is 0.197 e. The molecule has 0 saturated carbocycles. The fraction of sp³-hybridized carbons (Fsp3) is 0.208. The van der Waals surface area contributed by atoms with Gasteiger partial charge in [0.15, 0.2) is 11.6 Å². The van der Waals surface area contributed by atoms with E-state index in [1.165, 1.54) is 9.58 Å². The second-order valence-corrected chi connectivity index (χ2v) is 8.60. The number of thiophene rings is 1. The van der Waals surface area contributed by atoms with Crippen LogP contribution in [0.25, 0.3) is 10.2 Å². The molecule has 0 radical (unpaired) electrons. The van der Waals surface area contributed by atoms with E-state index in [2.05, 4.69) is 28.0 Å². The molecule has 0 aliphatic heterocycles. The van der Waals surface area contributed by atoms with E-state index in [4.69, 9.17) is 10.5 Å². The highest BCUT2D eigenvalue weighted by Crippen LogP contribution is 2.40. The second-order valence-electron chi connectivity index (χ2n) is 6.35. The third-order valence-corrected chi connectivity index (χ3v) is 6.51. The molecular formula is C24H26N4OS2. The molecule has 0 bridgehead atoms. The minimum absolute atomic E-state index is 0.428. The number of hydrogen-bond donors (Lipinski definition) is 1. The number of pyridine rings is 2. The summed E-state index contributed by atoms with van der Waals surface area (Å²) in [6, 6.07) is 15.7. The molecule has 160 valence electrons. The molecular weight excluding hydrogens is 424 g/mol. The van der Waals surface area contributed by atoms with Crippen LogP contribution in [-0.4, -0.2) is 15.8 Å². The molecule has 0 aliphatic carbocycles. The Labute approximate surface area is 191 Å². The van der Waals surface area contributed by atoms with E-state index in [-0.39, 0.29) is 0 Å². The Morgan fingerprint density at radius 2 is 1.90 bits per heavy atom. The van der Waals surface area contributed by atoms with Crippen LogP contribution in [0.1, 0.15) is 32.6 Å². The smallest absolute Gasteiger partial charge is 0.197 e. The average molecular weight is 451 g/mol. The standard InChI is InChI=1S/C22H20N4OS2.C2H6/c1-3-16-11-18-21(29-16)20(9-10-24-18)28-17-12-19(22(25-13-17)26-14(2)23)27-15-7-5-4-6-8-15;1-2/h4-13H,3H2,1-2H3,(H2,23,25,26);1-2H3. The number of fused-ring (bicyclic) bond motifs is 1. The quantitative estimate of drug-likeness (QED) is 0.248. The van der Waals surface area contributed by atoms with Crippen LogP contribution in [0, 0.1) is 0 Å². The summed E-state index contributed by atoms with van der Waals surface area (Å²) < 4.78 is 7.24. The van der Waals surface area contributed by atoms with Crippen LogP contribution in [0.2, 0.25) is 0 Å². The van der Waals surface area contributed by atoms with Crippen LogP contribution in [-0.2, 0) is 6.42 Å². The minimum atomic E-state index is 0.428. The number of nitrogens with two attached hydrogens (primary N) is 1. The Kier molecular flexibility index (Phi) is 8.03. The number of aliphatic imine (C=N–C) groups is 1. The molecule has 0 saturated heterocycles. The van der Waals surface area contributed by atoms with Crippen molar-refractivity contribution in [3.8, 4) is 11.5 Å². The van der Waals surface area contributed by atoms with Gasteiger partial charge in [-0.3, -0.25) is 4.98 Å². The largest absolute Gasteiger partial charge is 0.453 e. The van der Waals surface area contributed by atoms with Crippen molar-refractivity contribution in [1.29, 1.82) is 0 Å². The first kappa shape index (κ1) is 22.8. The molecule has 0 aliphatic rings. The van der Waals surface area contributed by atoms with Crippen molar-refractivity contribution in [2.75, 3.05) is 0 Å². The number of para-hydroxylation sites is 1. The van der Waals surface area contributed by atoms with Crippen molar-refractivity contribution in [2.24, 2.45) is 10.7 Å². The third kappa shape index (κ3) is 5.83. The molecule has 3 heterocycles. The summed E-state index contributed by atoms with van der Waals surface area (Å²) in [6.45, 7) is 7.89. The van der Waals surface area contributed by atoms with Crippen molar-refractivity contribution in [1.82, 2.24) is 9.97 Å². The summed E-state index contributed by atoms with van der Waals surface area (Å²) in [7, 11) is 0. The molecule has 0 unspecified atom stereocenters. The van der Waals surface area contributed by atoms with E-state index in [0.717, 1.165) is 27.5 Å². The van der Waals surface area contributed by atoms with Gasteiger partial charge < -0.3 is 10.5 Å². The lowest BCUT2D eigenvalue weighted by molar-refractivity contribution is 0.480. The van der Waals surface area contributed by atoms with Gasteiger partial charge in [0.2, 0.25) is 0 Å². The first-order chi connectivity index (χ1) is 15.1. The first-order valence-corrected chi connectivity index (χ1v) is 11.8. The number of aromatic nitrogens is 2. The van der Waals surface area contributed by atoms with Crippen LogP contribution in [0.15, 0.2) is 75.7 Å². The number of aryl methyl sites for hydroxylation is 1. The van der Waals surface area contributed by atoms with E-state index in [0.29, 0.717) is 17.4 Å². The highest BCUT2D eigenvalue weighted by Gasteiger charge is 2.12. The number of rotatable bonds is 6. The number of nitrogens with zero attached hydrogens (tertiary/aromatic N) is 3. The van der Waals surface area contributed by atoms with Gasteiger partial charge >= 0.3 is 0 Å². The fourth-order valence-electron chi connectivity index (χ4n) is 2.76. The van der Waals surface area contributed by atoms with Gasteiger partial charge in [-0.25, -0.2) is 9.98 Å². The Hall–Kier alpha value is -2.90. The topological polar surface area (TPSA) is 73.4 Å². The number of ether oxygens (including phenoxy) is 1. The lowest BCUT2D eigenvalue weighted by atomic mass is 10.3. The van der Waals surface area contributed by atoms with Gasteiger partial charge in [-0.05, 0) is 37.6 Å². The molecule has 2 N–H and O–H groups in total. The Morgan fingerprint density at radius 3 is 2.61 bits per heavy atom. The maximum atomic E-state index is 6.05. The second kappa shape index (κ2) is 10.9. The van der Waals surface area contributed by atoms with Crippen molar-refractivity contribution in [2.45, 2.75) is 43.9 Å². The number of amidine groups is 1. The van der Waals surface area contributed by atoms with Crippen molar-refractivity contribution in [3.05, 3.63) is 65.8 Å². The highest BCUT2D eigenvalue weighted by atomic mass is 32.2. The Bertz CT molecular complexity index is 1170. The zero-order valence-corrected chi connectivity index (χ0v) is 19.8. The van der Waals surface area contributed by atoms with E-state index < -0.39 is 0 Å². The zero-order valence-electron chi connectivity index (χ0n) is 18.1. The summed E-state index contributed by atoms with van der Waals surface area (Å²) in [5.74, 6) is 2.18. The Balaban J connectivity index is 0.00000132. The summed E-state index contributed by atoms with van der Waals surface area (Å²) in [4.78, 5) is 16.7. The molecule has 31 heavy (non-hydrogen) atoms. The highest BCUT2D eigenvalue weighted by molar-refractivity contribution is 7.99. The molecule has 4 rings (SSSR count). The van der Waals surface area contributed by atoms with Crippen molar-refractivity contribution >= 4 is 45.0 Å². The van der Waals surface area contributed by atoms with E-state index in [1.54, 1.807) is 36.2 Å². The predicted octanol–water partition coefficient (Wildman–Crippen LogP) is 7.23. The monoisotopic (exact) mass is 450 g/mol. The average Bonchev–Trinajstić information content (AvgIpc) is 3.22. The summed E-state index contributed by atoms with van der Waals surface area (Å²) in [6.07, 6.45) is 4.65. The van der Waals surface area contributed by atoms with E-state index >= 15 is 0 Å². The lowest BCUT2D eigenvalue weighted by Gasteiger charge is -2.10. The third-order valence-electron chi connectivity index (χ3n) is 4.06. The molecule has 0 fully saturated rings. The Morgan fingerprint density at radius 1 is 1.13 bits per heavy atom. The summed E-state index contributed by atoms with van der Waals surface area (Å²) in [5, 5.41) is 0. The normalized spacial score (nSPS) is 11.2.